The van der Waals surface area contributed by atoms with E-state index in [1.807, 2.05) is 0 Å². The first-order chi connectivity index (χ1) is 15.4. The summed E-state index contributed by atoms with van der Waals surface area (Å²) >= 11 is 11.9. The second-order valence-electron chi connectivity index (χ2n) is 7.13. The SMILES string of the molecule is O=C(COc1ccc(Cl)cc1Cl)N1CCN(Cc2nnnn2-c2ccc(F)c(F)c2)CC1. The second kappa shape index (κ2) is 9.76. The van der Waals surface area contributed by atoms with Crippen LogP contribution in [0.2, 0.25) is 10.0 Å². The highest BCUT2D eigenvalue weighted by atomic mass is 35.5. The lowest BCUT2D eigenvalue weighted by atomic mass is 10.3. The molecule has 0 atom stereocenters. The van der Waals surface area contributed by atoms with E-state index in [0.717, 1.165) is 12.1 Å². The van der Waals surface area contributed by atoms with Crippen molar-refractivity contribution >= 4 is 29.1 Å². The molecule has 1 aromatic heterocycles. The molecule has 2 aromatic carbocycles. The summed E-state index contributed by atoms with van der Waals surface area (Å²) < 4.78 is 33.7. The van der Waals surface area contributed by atoms with Gasteiger partial charge in [0.25, 0.3) is 5.91 Å². The summed E-state index contributed by atoms with van der Waals surface area (Å²) in [5.74, 6) is -1.18. The highest BCUT2D eigenvalue weighted by Gasteiger charge is 2.23. The average molecular weight is 483 g/mol. The first kappa shape index (κ1) is 22.4. The number of piperazine rings is 1. The zero-order valence-corrected chi connectivity index (χ0v) is 18.2. The van der Waals surface area contributed by atoms with E-state index in [-0.39, 0.29) is 12.5 Å². The van der Waals surface area contributed by atoms with Gasteiger partial charge in [-0.05, 0) is 40.8 Å². The summed E-state index contributed by atoms with van der Waals surface area (Å²) in [6.45, 7) is 2.46. The largest absolute Gasteiger partial charge is 0.482 e. The van der Waals surface area contributed by atoms with E-state index in [1.165, 1.54) is 10.7 Å². The van der Waals surface area contributed by atoms with Crippen molar-refractivity contribution in [3.8, 4) is 11.4 Å². The van der Waals surface area contributed by atoms with E-state index in [2.05, 4.69) is 20.4 Å². The van der Waals surface area contributed by atoms with Gasteiger partial charge in [0.05, 0.1) is 17.3 Å². The molecule has 0 saturated carbocycles. The van der Waals surface area contributed by atoms with Crippen LogP contribution in [-0.2, 0) is 11.3 Å². The third-order valence-electron chi connectivity index (χ3n) is 5.02. The third-order valence-corrected chi connectivity index (χ3v) is 5.55. The van der Waals surface area contributed by atoms with Crippen molar-refractivity contribution in [3.05, 3.63) is 63.9 Å². The lowest BCUT2D eigenvalue weighted by Crippen LogP contribution is -2.49. The summed E-state index contributed by atoms with van der Waals surface area (Å²) in [6, 6.07) is 8.28. The number of aromatic nitrogens is 4. The van der Waals surface area contributed by atoms with Crippen LogP contribution in [0.3, 0.4) is 0 Å². The van der Waals surface area contributed by atoms with Crippen LogP contribution in [0.15, 0.2) is 36.4 Å². The number of carbonyl (C=O) groups excluding carboxylic acids is 1. The lowest BCUT2D eigenvalue weighted by Gasteiger charge is -2.34. The Morgan fingerprint density at radius 2 is 1.81 bits per heavy atom. The Balaban J connectivity index is 1.30. The molecule has 1 aliphatic rings. The number of halogens is 4. The fourth-order valence-electron chi connectivity index (χ4n) is 3.30. The van der Waals surface area contributed by atoms with Crippen LogP contribution >= 0.6 is 23.2 Å². The van der Waals surface area contributed by atoms with Gasteiger partial charge >= 0.3 is 0 Å². The number of nitrogens with zero attached hydrogens (tertiary/aromatic N) is 6. The summed E-state index contributed by atoms with van der Waals surface area (Å²) in [4.78, 5) is 16.3. The quantitative estimate of drug-likeness (QED) is 0.537. The molecule has 0 radical (unpaired) electrons. The molecule has 1 fully saturated rings. The molecular formula is C20H18Cl2F2N6O2. The van der Waals surface area contributed by atoms with Crippen molar-refractivity contribution in [1.29, 1.82) is 0 Å². The minimum Gasteiger partial charge on any atom is -0.482 e. The molecular weight excluding hydrogens is 465 g/mol. The maximum absolute atomic E-state index is 13.6. The molecule has 3 aromatic rings. The number of tetrazole rings is 1. The van der Waals surface area contributed by atoms with E-state index >= 15 is 0 Å². The maximum atomic E-state index is 13.6. The summed E-state index contributed by atoms with van der Waals surface area (Å²) in [6.07, 6.45) is 0. The molecule has 1 aliphatic heterocycles. The number of amides is 1. The predicted molar refractivity (Wildman–Crippen MR) is 113 cm³/mol. The van der Waals surface area contributed by atoms with Gasteiger partial charge in [-0.1, -0.05) is 23.2 Å². The van der Waals surface area contributed by atoms with Crippen LogP contribution in [0.25, 0.3) is 5.69 Å². The average Bonchev–Trinajstić information content (AvgIpc) is 3.23. The standard InChI is InChI=1S/C20H18Cl2F2N6O2/c21-13-1-4-18(15(22)9-13)32-12-20(31)29-7-5-28(6-8-29)11-19-25-26-27-30(19)14-2-3-16(23)17(24)10-14/h1-4,9-10H,5-8,11-12H2. The predicted octanol–water partition coefficient (Wildman–Crippen LogP) is 2.97. The zero-order valence-electron chi connectivity index (χ0n) is 16.7. The van der Waals surface area contributed by atoms with E-state index < -0.39 is 11.6 Å². The minimum absolute atomic E-state index is 0.129. The molecule has 168 valence electrons. The van der Waals surface area contributed by atoms with Gasteiger partial charge in [0.1, 0.15) is 5.75 Å². The van der Waals surface area contributed by atoms with Crippen molar-refractivity contribution in [2.45, 2.75) is 6.54 Å². The van der Waals surface area contributed by atoms with E-state index in [9.17, 15) is 13.6 Å². The van der Waals surface area contributed by atoms with Gasteiger partial charge in [0.2, 0.25) is 0 Å². The molecule has 32 heavy (non-hydrogen) atoms. The fraction of sp³-hybridized carbons (Fsp3) is 0.300. The highest BCUT2D eigenvalue weighted by Crippen LogP contribution is 2.27. The number of benzene rings is 2. The number of carbonyl (C=O) groups is 1. The number of ether oxygens (including phenoxy) is 1. The highest BCUT2D eigenvalue weighted by molar-refractivity contribution is 6.35. The van der Waals surface area contributed by atoms with Gasteiger partial charge in [-0.2, -0.15) is 4.68 Å². The van der Waals surface area contributed by atoms with Gasteiger partial charge in [-0.3, -0.25) is 9.69 Å². The number of rotatable bonds is 6. The summed E-state index contributed by atoms with van der Waals surface area (Å²) in [5, 5.41) is 12.3. The number of hydrogen-bond donors (Lipinski definition) is 0. The molecule has 0 unspecified atom stereocenters. The third kappa shape index (κ3) is 5.14. The second-order valence-corrected chi connectivity index (χ2v) is 7.97. The molecule has 0 N–H and O–H groups in total. The van der Waals surface area contributed by atoms with E-state index in [1.54, 1.807) is 23.1 Å². The molecule has 4 rings (SSSR count). The Labute approximate surface area is 192 Å². The molecule has 2 heterocycles. The Morgan fingerprint density at radius 3 is 2.53 bits per heavy atom. The van der Waals surface area contributed by atoms with Crippen molar-refractivity contribution in [2.24, 2.45) is 0 Å². The smallest absolute Gasteiger partial charge is 0.260 e. The first-order valence-electron chi connectivity index (χ1n) is 9.71. The molecule has 1 saturated heterocycles. The molecule has 12 heteroatoms. The van der Waals surface area contributed by atoms with E-state index in [4.69, 9.17) is 27.9 Å². The molecule has 8 nitrogen and oxygen atoms in total. The van der Waals surface area contributed by atoms with Crippen LogP contribution in [0.4, 0.5) is 8.78 Å². The van der Waals surface area contributed by atoms with E-state index in [0.29, 0.717) is 60.0 Å². The molecule has 1 amide bonds. The van der Waals surface area contributed by atoms with Crippen molar-refractivity contribution in [1.82, 2.24) is 30.0 Å². The normalized spacial score (nSPS) is 14.6. The Bertz CT molecular complexity index is 1120. The van der Waals surface area contributed by atoms with Gasteiger partial charge < -0.3 is 9.64 Å². The fourth-order valence-corrected chi connectivity index (χ4v) is 3.76. The first-order valence-corrected chi connectivity index (χ1v) is 10.5. The van der Waals surface area contributed by atoms with Gasteiger partial charge in [-0.25, -0.2) is 8.78 Å². The van der Waals surface area contributed by atoms with Crippen LogP contribution in [0.1, 0.15) is 5.82 Å². The van der Waals surface area contributed by atoms with Crippen LogP contribution in [0, 0.1) is 11.6 Å². The van der Waals surface area contributed by atoms with Gasteiger partial charge in [-0.15, -0.1) is 5.10 Å². The Hall–Kier alpha value is -2.82. The molecule has 0 aliphatic carbocycles. The molecule has 0 spiro atoms. The van der Waals surface area contributed by atoms with Crippen LogP contribution in [0.5, 0.6) is 5.75 Å². The minimum atomic E-state index is -0.974. The zero-order chi connectivity index (χ0) is 22.7. The summed E-state index contributed by atoms with van der Waals surface area (Å²) in [7, 11) is 0. The Kier molecular flexibility index (Phi) is 6.83. The van der Waals surface area contributed by atoms with Crippen LogP contribution in [-0.4, -0.2) is 68.7 Å². The topological polar surface area (TPSA) is 76.4 Å². The van der Waals surface area contributed by atoms with Crippen molar-refractivity contribution in [3.63, 3.8) is 0 Å². The van der Waals surface area contributed by atoms with Crippen molar-refractivity contribution in [2.75, 3.05) is 32.8 Å². The summed E-state index contributed by atoms with van der Waals surface area (Å²) in [5.41, 5.74) is 0.329. The van der Waals surface area contributed by atoms with Gasteiger partial charge in [0.15, 0.2) is 24.1 Å². The van der Waals surface area contributed by atoms with Gasteiger partial charge in [0, 0.05) is 37.3 Å². The van der Waals surface area contributed by atoms with Crippen LogP contribution < -0.4 is 4.74 Å². The maximum Gasteiger partial charge on any atom is 0.260 e. The Morgan fingerprint density at radius 1 is 1.03 bits per heavy atom. The number of hydrogen-bond acceptors (Lipinski definition) is 6. The van der Waals surface area contributed by atoms with Crippen molar-refractivity contribution < 1.29 is 18.3 Å². The molecule has 0 bridgehead atoms. The lowest BCUT2D eigenvalue weighted by molar-refractivity contribution is -0.135. The monoisotopic (exact) mass is 482 g/mol.